The Hall–Kier alpha value is -1.36. The van der Waals surface area contributed by atoms with Crippen LogP contribution >= 0.6 is 0 Å². The van der Waals surface area contributed by atoms with E-state index in [2.05, 4.69) is 26.3 Å². The number of aliphatic hydroxyl groups is 1. The molecule has 4 rings (SSSR count). The van der Waals surface area contributed by atoms with Crippen LogP contribution in [0.15, 0.2) is 12.4 Å². The Balaban J connectivity index is 1.39. The predicted octanol–water partition coefficient (Wildman–Crippen LogP) is 2.68. The Kier molecular flexibility index (Phi) is 4.38. The molecule has 2 saturated carbocycles. The number of aromatic nitrogens is 2. The molecule has 5 nitrogen and oxygen atoms in total. The highest BCUT2D eigenvalue weighted by molar-refractivity contribution is 5.49. The second-order valence-electron chi connectivity index (χ2n) is 7.60. The van der Waals surface area contributed by atoms with Crippen LogP contribution in [0.2, 0.25) is 0 Å². The molecule has 0 radical (unpaired) electrons. The van der Waals surface area contributed by atoms with Gasteiger partial charge in [0.2, 0.25) is 0 Å². The lowest BCUT2D eigenvalue weighted by atomic mass is 9.89. The smallest absolute Gasteiger partial charge is 0.134 e. The lowest BCUT2D eigenvalue weighted by molar-refractivity contribution is 0.239. The molecule has 2 bridgehead atoms. The Morgan fingerprint density at radius 2 is 2.13 bits per heavy atom. The maximum Gasteiger partial charge on any atom is 0.134 e. The number of piperidine rings is 1. The molecule has 2 heterocycles. The molecule has 2 aliphatic carbocycles. The summed E-state index contributed by atoms with van der Waals surface area (Å²) >= 11 is 0. The normalized spacial score (nSPS) is 33.2. The van der Waals surface area contributed by atoms with Crippen LogP contribution in [0.25, 0.3) is 0 Å². The second-order valence-corrected chi connectivity index (χ2v) is 7.60. The van der Waals surface area contributed by atoms with Crippen molar-refractivity contribution in [2.75, 3.05) is 29.9 Å². The third-order valence-corrected chi connectivity index (χ3v) is 6.21. The summed E-state index contributed by atoms with van der Waals surface area (Å²) in [7, 11) is 0. The summed E-state index contributed by atoms with van der Waals surface area (Å²) in [5.41, 5.74) is 0. The van der Waals surface area contributed by atoms with Crippen molar-refractivity contribution in [3.05, 3.63) is 12.4 Å². The average Bonchev–Trinajstić information content (AvgIpc) is 3.23. The van der Waals surface area contributed by atoms with Crippen molar-refractivity contribution in [1.29, 1.82) is 0 Å². The third kappa shape index (κ3) is 3.16. The van der Waals surface area contributed by atoms with Crippen molar-refractivity contribution in [1.82, 2.24) is 9.97 Å². The van der Waals surface area contributed by atoms with Gasteiger partial charge in [-0.25, -0.2) is 9.97 Å². The molecule has 1 aromatic heterocycles. The molecule has 2 N–H and O–H groups in total. The summed E-state index contributed by atoms with van der Waals surface area (Å²) in [5.74, 6) is 4.64. The van der Waals surface area contributed by atoms with Crippen LogP contribution < -0.4 is 10.2 Å². The van der Waals surface area contributed by atoms with E-state index in [1.165, 1.54) is 38.5 Å². The molecule has 23 heavy (non-hydrogen) atoms. The van der Waals surface area contributed by atoms with Crippen molar-refractivity contribution in [2.24, 2.45) is 17.8 Å². The SMILES string of the molecule is OCC1CCCCN1c1cc(NCC2CC3CCC2C3)ncn1. The zero-order chi connectivity index (χ0) is 15.6. The first-order valence-electron chi connectivity index (χ1n) is 9.27. The van der Waals surface area contributed by atoms with Gasteiger partial charge in [0.1, 0.15) is 18.0 Å². The van der Waals surface area contributed by atoms with E-state index in [4.69, 9.17) is 0 Å². The van der Waals surface area contributed by atoms with E-state index in [-0.39, 0.29) is 12.6 Å². The molecule has 0 aromatic carbocycles. The number of anilines is 2. The Labute approximate surface area is 138 Å². The summed E-state index contributed by atoms with van der Waals surface area (Å²) in [5, 5.41) is 13.1. The fraction of sp³-hybridized carbons (Fsp3) is 0.778. The fourth-order valence-electron chi connectivity index (χ4n) is 4.95. The molecule has 1 aromatic rings. The largest absolute Gasteiger partial charge is 0.394 e. The van der Waals surface area contributed by atoms with Crippen molar-refractivity contribution >= 4 is 11.6 Å². The van der Waals surface area contributed by atoms with Crippen LogP contribution in [0.4, 0.5) is 11.6 Å². The highest BCUT2D eigenvalue weighted by atomic mass is 16.3. The van der Waals surface area contributed by atoms with Gasteiger partial charge in [-0.1, -0.05) is 6.42 Å². The molecule has 0 spiro atoms. The molecular weight excluding hydrogens is 288 g/mol. The number of fused-ring (bicyclic) bond motifs is 2. The molecule has 0 amide bonds. The van der Waals surface area contributed by atoms with E-state index in [9.17, 15) is 5.11 Å². The predicted molar refractivity (Wildman–Crippen MR) is 91.5 cm³/mol. The average molecular weight is 316 g/mol. The zero-order valence-electron chi connectivity index (χ0n) is 13.8. The number of nitrogens with zero attached hydrogens (tertiary/aromatic N) is 3. The number of hydrogen-bond donors (Lipinski definition) is 2. The highest BCUT2D eigenvalue weighted by Crippen LogP contribution is 2.48. The van der Waals surface area contributed by atoms with E-state index in [1.54, 1.807) is 6.33 Å². The summed E-state index contributed by atoms with van der Waals surface area (Å²) < 4.78 is 0. The van der Waals surface area contributed by atoms with Gasteiger partial charge in [-0.3, -0.25) is 0 Å². The number of hydrogen-bond acceptors (Lipinski definition) is 5. The maximum absolute atomic E-state index is 9.60. The van der Waals surface area contributed by atoms with Crippen molar-refractivity contribution < 1.29 is 5.11 Å². The van der Waals surface area contributed by atoms with Gasteiger partial charge in [-0.15, -0.1) is 0 Å². The van der Waals surface area contributed by atoms with Crippen LogP contribution in [-0.2, 0) is 0 Å². The van der Waals surface area contributed by atoms with Gasteiger partial charge in [0.15, 0.2) is 0 Å². The maximum atomic E-state index is 9.60. The third-order valence-electron chi connectivity index (χ3n) is 6.21. The van der Waals surface area contributed by atoms with Gasteiger partial charge in [0, 0.05) is 19.2 Å². The minimum atomic E-state index is 0.206. The monoisotopic (exact) mass is 316 g/mol. The molecular formula is C18H28N4O. The van der Waals surface area contributed by atoms with Crippen LogP contribution in [0, 0.1) is 17.8 Å². The topological polar surface area (TPSA) is 61.3 Å². The molecule has 4 atom stereocenters. The van der Waals surface area contributed by atoms with Crippen molar-refractivity contribution in [3.8, 4) is 0 Å². The lowest BCUT2D eigenvalue weighted by Crippen LogP contribution is -2.42. The second kappa shape index (κ2) is 6.63. The van der Waals surface area contributed by atoms with Crippen molar-refractivity contribution in [3.63, 3.8) is 0 Å². The van der Waals surface area contributed by atoms with Crippen LogP contribution in [0.3, 0.4) is 0 Å². The number of nitrogens with one attached hydrogen (secondary N) is 1. The van der Waals surface area contributed by atoms with Crippen LogP contribution in [0.1, 0.15) is 44.9 Å². The van der Waals surface area contributed by atoms with Crippen LogP contribution in [0.5, 0.6) is 0 Å². The van der Waals surface area contributed by atoms with Gasteiger partial charge < -0.3 is 15.3 Å². The Morgan fingerprint density at radius 1 is 1.17 bits per heavy atom. The molecule has 4 unspecified atom stereocenters. The summed E-state index contributed by atoms with van der Waals surface area (Å²) in [6, 6.07) is 2.26. The van der Waals surface area contributed by atoms with Gasteiger partial charge >= 0.3 is 0 Å². The van der Waals surface area contributed by atoms with Gasteiger partial charge in [0.05, 0.1) is 12.6 Å². The Bertz CT molecular complexity index is 538. The molecule has 126 valence electrons. The van der Waals surface area contributed by atoms with E-state index in [0.29, 0.717) is 0 Å². The van der Waals surface area contributed by atoms with E-state index < -0.39 is 0 Å². The van der Waals surface area contributed by atoms with Gasteiger partial charge in [-0.2, -0.15) is 0 Å². The number of aliphatic hydroxyl groups excluding tert-OH is 1. The minimum Gasteiger partial charge on any atom is -0.394 e. The summed E-state index contributed by atoms with van der Waals surface area (Å²) in [6.45, 7) is 2.23. The van der Waals surface area contributed by atoms with E-state index in [1.807, 2.05) is 0 Å². The first kappa shape index (κ1) is 15.2. The lowest BCUT2D eigenvalue weighted by Gasteiger charge is -2.35. The first-order chi connectivity index (χ1) is 11.3. The van der Waals surface area contributed by atoms with Crippen molar-refractivity contribution in [2.45, 2.75) is 51.0 Å². The van der Waals surface area contributed by atoms with Gasteiger partial charge in [0.25, 0.3) is 0 Å². The number of rotatable bonds is 5. The van der Waals surface area contributed by atoms with E-state index in [0.717, 1.165) is 48.9 Å². The van der Waals surface area contributed by atoms with E-state index >= 15 is 0 Å². The molecule has 1 saturated heterocycles. The quantitative estimate of drug-likeness (QED) is 0.874. The minimum absolute atomic E-state index is 0.206. The fourth-order valence-corrected chi connectivity index (χ4v) is 4.95. The van der Waals surface area contributed by atoms with Gasteiger partial charge in [-0.05, 0) is 56.3 Å². The summed E-state index contributed by atoms with van der Waals surface area (Å²) in [4.78, 5) is 11.1. The Morgan fingerprint density at radius 3 is 2.91 bits per heavy atom. The van der Waals surface area contributed by atoms with Crippen LogP contribution in [-0.4, -0.2) is 40.8 Å². The zero-order valence-corrected chi connectivity index (χ0v) is 13.8. The summed E-state index contributed by atoms with van der Waals surface area (Å²) in [6.07, 6.45) is 10.8. The first-order valence-corrected chi connectivity index (χ1v) is 9.27. The standard InChI is InChI=1S/C18H28N4O/c23-11-16-3-1-2-6-22(16)18-9-17(20-12-21-18)19-10-15-8-13-4-5-14(15)7-13/h9,12-16,23H,1-8,10-11H2,(H,19,20,21). The molecule has 5 heteroatoms. The molecule has 1 aliphatic heterocycles. The molecule has 3 aliphatic rings. The molecule has 3 fully saturated rings. The highest BCUT2D eigenvalue weighted by Gasteiger charge is 2.39.